The van der Waals surface area contributed by atoms with Gasteiger partial charge in [-0.1, -0.05) is 41.6 Å². The van der Waals surface area contributed by atoms with Gasteiger partial charge in [0.15, 0.2) is 0 Å². The Morgan fingerprint density at radius 2 is 1.94 bits per heavy atom. The van der Waals surface area contributed by atoms with Gasteiger partial charge in [-0.15, -0.1) is 11.6 Å². The lowest BCUT2D eigenvalue weighted by Crippen LogP contribution is -1.96. The number of halogens is 3. The van der Waals surface area contributed by atoms with E-state index >= 15 is 0 Å². The maximum atomic E-state index is 13.6. The average Bonchev–Trinajstić information content (AvgIpc) is 2.47. The van der Waals surface area contributed by atoms with Crippen molar-refractivity contribution in [2.45, 2.75) is 21.6 Å². The van der Waals surface area contributed by atoms with Crippen LogP contribution in [0.5, 0.6) is 0 Å². The highest BCUT2D eigenvalue weighted by Crippen LogP contribution is 2.44. The third-order valence-corrected chi connectivity index (χ3v) is 4.85. The van der Waals surface area contributed by atoms with E-state index in [1.165, 1.54) is 11.6 Å². The Labute approximate surface area is 119 Å². The number of benzene rings is 2. The fraction of sp³-hybridized carbons (Fsp3) is 0.143. The Kier molecular flexibility index (Phi) is 3.27. The SMILES string of the molecule is Fc1cc2c(cc1Cl)C(Cl)Cc1ccccc1S2. The second-order valence-corrected chi connectivity index (χ2v) is 6.20. The van der Waals surface area contributed by atoms with Crippen LogP contribution in [0.3, 0.4) is 0 Å². The van der Waals surface area contributed by atoms with E-state index in [-0.39, 0.29) is 10.4 Å². The number of alkyl halides is 1. The summed E-state index contributed by atoms with van der Waals surface area (Å²) < 4.78 is 13.6. The lowest BCUT2D eigenvalue weighted by Gasteiger charge is -2.10. The number of hydrogen-bond donors (Lipinski definition) is 0. The molecule has 0 N–H and O–H groups in total. The van der Waals surface area contributed by atoms with Crippen LogP contribution in [-0.4, -0.2) is 0 Å². The van der Waals surface area contributed by atoms with Gasteiger partial charge in [-0.2, -0.15) is 0 Å². The van der Waals surface area contributed by atoms with E-state index in [2.05, 4.69) is 6.07 Å². The maximum Gasteiger partial charge on any atom is 0.142 e. The molecule has 0 fully saturated rings. The minimum Gasteiger partial charge on any atom is -0.205 e. The van der Waals surface area contributed by atoms with E-state index in [1.54, 1.807) is 17.8 Å². The molecular formula is C14H9Cl2FS. The lowest BCUT2D eigenvalue weighted by atomic mass is 10.0. The van der Waals surface area contributed by atoms with Gasteiger partial charge in [0.2, 0.25) is 0 Å². The van der Waals surface area contributed by atoms with Gasteiger partial charge in [-0.25, -0.2) is 4.39 Å². The number of fused-ring (bicyclic) bond motifs is 2. The van der Waals surface area contributed by atoms with E-state index in [9.17, 15) is 4.39 Å². The van der Waals surface area contributed by atoms with Gasteiger partial charge in [-0.3, -0.25) is 0 Å². The molecule has 3 rings (SSSR count). The molecule has 0 saturated carbocycles. The molecule has 1 aliphatic rings. The molecule has 0 bridgehead atoms. The second-order valence-electron chi connectivity index (χ2n) is 4.19. The van der Waals surface area contributed by atoms with E-state index in [1.807, 2.05) is 18.2 Å². The molecule has 18 heavy (non-hydrogen) atoms. The third kappa shape index (κ3) is 2.13. The first kappa shape index (κ1) is 12.3. The van der Waals surface area contributed by atoms with Crippen LogP contribution in [0.15, 0.2) is 46.2 Å². The van der Waals surface area contributed by atoms with Crippen molar-refractivity contribution < 1.29 is 4.39 Å². The summed E-state index contributed by atoms with van der Waals surface area (Å²) >= 11 is 13.8. The lowest BCUT2D eigenvalue weighted by molar-refractivity contribution is 0.623. The summed E-state index contributed by atoms with van der Waals surface area (Å²) in [6.45, 7) is 0. The van der Waals surface area contributed by atoms with Gasteiger partial charge < -0.3 is 0 Å². The minimum absolute atomic E-state index is 0.131. The van der Waals surface area contributed by atoms with Crippen molar-refractivity contribution >= 4 is 35.0 Å². The standard InChI is InChI=1S/C14H9Cl2FS/c15-10-5-8-3-1-2-4-13(8)18-14-7-12(17)11(16)6-9(10)14/h1-4,6-7,10H,5H2. The molecule has 1 aliphatic heterocycles. The topological polar surface area (TPSA) is 0 Å². The smallest absolute Gasteiger partial charge is 0.142 e. The van der Waals surface area contributed by atoms with Crippen molar-refractivity contribution in [1.29, 1.82) is 0 Å². The zero-order valence-corrected chi connectivity index (χ0v) is 11.6. The molecule has 2 aromatic carbocycles. The summed E-state index contributed by atoms with van der Waals surface area (Å²) in [6.07, 6.45) is 0.736. The molecule has 1 heterocycles. The van der Waals surface area contributed by atoms with Crippen LogP contribution in [-0.2, 0) is 6.42 Å². The first-order chi connectivity index (χ1) is 8.65. The van der Waals surface area contributed by atoms with Crippen LogP contribution in [0.1, 0.15) is 16.5 Å². The zero-order valence-electron chi connectivity index (χ0n) is 9.29. The summed E-state index contributed by atoms with van der Waals surface area (Å²) in [5.41, 5.74) is 2.10. The predicted octanol–water partition coefficient (Wildman–Crippen LogP) is 5.47. The first-order valence-electron chi connectivity index (χ1n) is 5.54. The van der Waals surface area contributed by atoms with Crippen molar-refractivity contribution in [3.05, 3.63) is 58.4 Å². The highest BCUT2D eigenvalue weighted by atomic mass is 35.5. The van der Waals surface area contributed by atoms with Gasteiger partial charge >= 0.3 is 0 Å². The molecule has 4 heteroatoms. The molecule has 1 atom stereocenters. The van der Waals surface area contributed by atoms with Crippen molar-refractivity contribution in [2.24, 2.45) is 0 Å². The summed E-state index contributed by atoms with van der Waals surface area (Å²) in [5.74, 6) is -0.397. The van der Waals surface area contributed by atoms with E-state index in [0.29, 0.717) is 0 Å². The zero-order chi connectivity index (χ0) is 12.7. The Balaban J connectivity index is 2.16. The predicted molar refractivity (Wildman–Crippen MR) is 74.3 cm³/mol. The van der Waals surface area contributed by atoms with Crippen LogP contribution in [0.2, 0.25) is 5.02 Å². The number of rotatable bonds is 0. The van der Waals surface area contributed by atoms with E-state index < -0.39 is 5.82 Å². The summed E-state index contributed by atoms with van der Waals surface area (Å²) in [4.78, 5) is 1.98. The Bertz CT molecular complexity index is 613. The molecule has 92 valence electrons. The van der Waals surface area contributed by atoms with Gasteiger partial charge in [0.25, 0.3) is 0 Å². The largest absolute Gasteiger partial charge is 0.205 e. The molecule has 0 radical (unpaired) electrons. The summed E-state index contributed by atoms with van der Waals surface area (Å²) in [6, 6.07) is 11.2. The Morgan fingerprint density at radius 3 is 2.78 bits per heavy atom. The normalized spacial score (nSPS) is 17.8. The van der Waals surface area contributed by atoms with Gasteiger partial charge in [0, 0.05) is 9.79 Å². The van der Waals surface area contributed by atoms with Crippen molar-refractivity contribution in [2.75, 3.05) is 0 Å². The molecule has 0 aromatic heterocycles. The fourth-order valence-electron chi connectivity index (χ4n) is 2.07. The van der Waals surface area contributed by atoms with Crippen molar-refractivity contribution in [1.82, 2.24) is 0 Å². The average molecular weight is 299 g/mol. The van der Waals surface area contributed by atoms with Crippen molar-refractivity contribution in [3.63, 3.8) is 0 Å². The molecule has 0 aliphatic carbocycles. The minimum atomic E-state index is -0.397. The maximum absolute atomic E-state index is 13.6. The molecule has 0 saturated heterocycles. The van der Waals surface area contributed by atoms with Crippen LogP contribution >= 0.6 is 35.0 Å². The monoisotopic (exact) mass is 298 g/mol. The van der Waals surface area contributed by atoms with Crippen LogP contribution in [0.4, 0.5) is 4.39 Å². The van der Waals surface area contributed by atoms with Crippen molar-refractivity contribution in [3.8, 4) is 0 Å². The van der Waals surface area contributed by atoms with E-state index in [4.69, 9.17) is 23.2 Å². The summed E-state index contributed by atoms with van der Waals surface area (Å²) in [7, 11) is 0. The molecule has 0 nitrogen and oxygen atoms in total. The third-order valence-electron chi connectivity index (χ3n) is 2.98. The van der Waals surface area contributed by atoms with Crippen LogP contribution < -0.4 is 0 Å². The molecular weight excluding hydrogens is 290 g/mol. The first-order valence-corrected chi connectivity index (χ1v) is 7.17. The summed E-state index contributed by atoms with van der Waals surface area (Å²) in [5, 5.41) is -0.0415. The van der Waals surface area contributed by atoms with Gasteiger partial charge in [0.05, 0.1) is 10.4 Å². The van der Waals surface area contributed by atoms with Gasteiger partial charge in [0.1, 0.15) is 5.82 Å². The fourth-order valence-corrected chi connectivity index (χ4v) is 3.80. The number of hydrogen-bond acceptors (Lipinski definition) is 1. The van der Waals surface area contributed by atoms with Crippen LogP contribution in [0.25, 0.3) is 0 Å². The quantitative estimate of drug-likeness (QED) is 0.581. The highest BCUT2D eigenvalue weighted by Gasteiger charge is 2.22. The van der Waals surface area contributed by atoms with Gasteiger partial charge in [-0.05, 0) is 35.7 Å². The molecule has 2 aromatic rings. The molecule has 0 amide bonds. The second kappa shape index (κ2) is 4.76. The Hall–Kier alpha value is -0.700. The van der Waals surface area contributed by atoms with Crippen LogP contribution in [0, 0.1) is 5.82 Å². The Morgan fingerprint density at radius 1 is 1.17 bits per heavy atom. The highest BCUT2D eigenvalue weighted by molar-refractivity contribution is 7.99. The van der Waals surface area contributed by atoms with E-state index in [0.717, 1.165) is 21.8 Å². The molecule has 1 unspecified atom stereocenters. The molecule has 0 spiro atoms.